The van der Waals surface area contributed by atoms with Crippen LogP contribution in [0.5, 0.6) is 0 Å². The molecule has 1 rings (SSSR count). The topological polar surface area (TPSA) is 135 Å². The van der Waals surface area contributed by atoms with E-state index in [0.717, 1.165) is 6.08 Å². The quantitative estimate of drug-likeness (QED) is 0.492. The summed E-state index contributed by atoms with van der Waals surface area (Å²) < 4.78 is 0. The van der Waals surface area contributed by atoms with E-state index in [4.69, 9.17) is 25.5 Å². The summed E-state index contributed by atoms with van der Waals surface area (Å²) in [6.07, 6.45) is 1.43. The Balaban J connectivity index is 0. The molecule has 0 unspecified atom stereocenters. The average molecular weight is 328 g/mol. The third-order valence-electron chi connectivity index (χ3n) is 2.95. The van der Waals surface area contributed by atoms with E-state index in [0.29, 0.717) is 12.0 Å². The molecule has 0 amide bonds. The van der Waals surface area contributed by atoms with Crippen LogP contribution in [0.25, 0.3) is 0 Å². The number of carboxylic acid groups (broad SMARTS) is 2. The summed E-state index contributed by atoms with van der Waals surface area (Å²) in [5.74, 6) is -1.86. The highest BCUT2D eigenvalue weighted by molar-refractivity contribution is 5.87. The first-order chi connectivity index (χ1) is 10.8. The largest absolute Gasteiger partial charge is 0.478 e. The first-order valence-corrected chi connectivity index (χ1v) is 6.78. The van der Waals surface area contributed by atoms with Gasteiger partial charge in [-0.1, -0.05) is 31.7 Å². The molecular formula is C16H24O7. The third-order valence-corrected chi connectivity index (χ3v) is 2.95. The van der Waals surface area contributed by atoms with Gasteiger partial charge in [0.1, 0.15) is 0 Å². The van der Waals surface area contributed by atoms with E-state index in [2.05, 4.69) is 6.58 Å². The Bertz CT molecular complexity index is 435. The van der Waals surface area contributed by atoms with Crippen molar-refractivity contribution in [1.82, 2.24) is 0 Å². The second kappa shape index (κ2) is 13.4. The number of aromatic carboxylic acids is 1. The molecule has 0 heterocycles. The molecule has 7 heteroatoms. The van der Waals surface area contributed by atoms with E-state index < -0.39 is 17.4 Å². The van der Waals surface area contributed by atoms with Crippen molar-refractivity contribution >= 4 is 11.9 Å². The number of carbonyl (C=O) groups is 2. The van der Waals surface area contributed by atoms with Crippen molar-refractivity contribution in [3.8, 4) is 0 Å². The van der Waals surface area contributed by atoms with Gasteiger partial charge in [-0.05, 0) is 18.6 Å². The van der Waals surface area contributed by atoms with Gasteiger partial charge in [0.15, 0.2) is 0 Å². The van der Waals surface area contributed by atoms with Gasteiger partial charge in [-0.15, -0.1) is 0 Å². The molecule has 1 aromatic rings. The highest BCUT2D eigenvalue weighted by atomic mass is 16.4. The lowest BCUT2D eigenvalue weighted by molar-refractivity contribution is -0.131. The van der Waals surface area contributed by atoms with Crippen LogP contribution in [0.4, 0.5) is 0 Å². The van der Waals surface area contributed by atoms with Gasteiger partial charge in [-0.3, -0.25) is 0 Å². The second-order valence-corrected chi connectivity index (χ2v) is 4.54. The van der Waals surface area contributed by atoms with Crippen LogP contribution in [0.15, 0.2) is 43.0 Å². The molecule has 0 atom stereocenters. The smallest absolute Gasteiger partial charge is 0.335 e. The fourth-order valence-electron chi connectivity index (χ4n) is 1.07. The number of benzene rings is 1. The number of hydrogen-bond acceptors (Lipinski definition) is 5. The minimum absolute atomic E-state index is 0.156. The number of aliphatic hydroxyl groups is 3. The lowest BCUT2D eigenvalue weighted by Gasteiger charge is -2.24. The first kappa shape index (κ1) is 23.1. The van der Waals surface area contributed by atoms with Crippen molar-refractivity contribution in [3.05, 3.63) is 48.6 Å². The molecule has 0 spiro atoms. The van der Waals surface area contributed by atoms with E-state index in [1.54, 1.807) is 30.3 Å². The normalized spacial score (nSPS) is 9.57. The molecule has 1 aromatic carbocycles. The summed E-state index contributed by atoms with van der Waals surface area (Å²) in [4.78, 5) is 19.5. The molecule has 0 aliphatic rings. The average Bonchev–Trinajstić information content (AvgIpc) is 2.59. The van der Waals surface area contributed by atoms with Gasteiger partial charge >= 0.3 is 11.9 Å². The van der Waals surface area contributed by atoms with Gasteiger partial charge in [0, 0.05) is 11.5 Å². The molecule has 0 aliphatic heterocycles. The summed E-state index contributed by atoms with van der Waals surface area (Å²) in [5.41, 5.74) is -0.336. The van der Waals surface area contributed by atoms with Crippen molar-refractivity contribution in [2.75, 3.05) is 19.8 Å². The highest BCUT2D eigenvalue weighted by Gasteiger charge is 2.24. The molecule has 0 saturated carbocycles. The standard InChI is InChI=1S/C7H6O2.C6H14O3.C3H4O2/c8-7(9)6-4-2-1-3-5-6;1-2-6(3-7,4-8)5-9;1-2-3(4)5/h1-5H,(H,8,9);7-9H,2-5H2,1H3;2H,1H2,(H,4,5). The fourth-order valence-corrected chi connectivity index (χ4v) is 1.07. The summed E-state index contributed by atoms with van der Waals surface area (Å²) in [5, 5.41) is 42.0. The predicted octanol–water partition coefficient (Wildman–Crippen LogP) is 1.00. The summed E-state index contributed by atoms with van der Waals surface area (Å²) in [7, 11) is 0. The molecule has 5 N–H and O–H groups in total. The van der Waals surface area contributed by atoms with E-state index in [1.165, 1.54) is 0 Å². The summed E-state index contributed by atoms with van der Waals surface area (Å²) in [6, 6.07) is 8.30. The molecule has 7 nitrogen and oxygen atoms in total. The van der Waals surface area contributed by atoms with Gasteiger partial charge in [-0.25, -0.2) is 9.59 Å². The van der Waals surface area contributed by atoms with Crippen molar-refractivity contribution in [1.29, 1.82) is 0 Å². The Hall–Kier alpha value is -2.22. The van der Waals surface area contributed by atoms with Crippen molar-refractivity contribution in [2.45, 2.75) is 13.3 Å². The third kappa shape index (κ3) is 11.1. The number of hydrogen-bond donors (Lipinski definition) is 5. The highest BCUT2D eigenvalue weighted by Crippen LogP contribution is 2.18. The number of rotatable bonds is 6. The number of aliphatic hydroxyl groups excluding tert-OH is 3. The van der Waals surface area contributed by atoms with E-state index in [1.807, 2.05) is 6.92 Å². The van der Waals surface area contributed by atoms with Gasteiger partial charge in [-0.2, -0.15) is 0 Å². The van der Waals surface area contributed by atoms with E-state index in [-0.39, 0.29) is 19.8 Å². The molecule has 0 radical (unpaired) electrons. The second-order valence-electron chi connectivity index (χ2n) is 4.54. The maximum atomic E-state index is 10.2. The van der Waals surface area contributed by atoms with Crippen LogP contribution >= 0.6 is 0 Å². The number of aliphatic carboxylic acids is 1. The zero-order chi connectivity index (χ0) is 18.3. The van der Waals surface area contributed by atoms with Crippen LogP contribution in [-0.2, 0) is 4.79 Å². The Kier molecular flexibility index (Phi) is 13.5. The van der Waals surface area contributed by atoms with Crippen molar-refractivity contribution in [3.63, 3.8) is 0 Å². The fraction of sp³-hybridized carbons (Fsp3) is 0.375. The SMILES string of the molecule is C=CC(=O)O.CCC(CO)(CO)CO.O=C(O)c1ccccc1. The summed E-state index contributed by atoms with van der Waals surface area (Å²) >= 11 is 0. The molecule has 130 valence electrons. The van der Waals surface area contributed by atoms with Crippen LogP contribution in [-0.4, -0.2) is 57.3 Å². The van der Waals surface area contributed by atoms with Crippen molar-refractivity contribution in [2.24, 2.45) is 5.41 Å². The van der Waals surface area contributed by atoms with Crippen molar-refractivity contribution < 1.29 is 35.1 Å². The molecule has 0 saturated heterocycles. The minimum atomic E-state index is -0.981. The minimum Gasteiger partial charge on any atom is -0.478 e. The Labute approximate surface area is 135 Å². The zero-order valence-electron chi connectivity index (χ0n) is 13.1. The van der Waals surface area contributed by atoms with Gasteiger partial charge < -0.3 is 25.5 Å². The van der Waals surface area contributed by atoms with Crippen LogP contribution < -0.4 is 0 Å². The maximum absolute atomic E-state index is 10.2. The monoisotopic (exact) mass is 328 g/mol. The number of carboxylic acids is 2. The molecule has 23 heavy (non-hydrogen) atoms. The lowest BCUT2D eigenvalue weighted by atomic mass is 9.88. The Morgan fingerprint density at radius 3 is 1.57 bits per heavy atom. The molecular weight excluding hydrogens is 304 g/mol. The van der Waals surface area contributed by atoms with Gasteiger partial charge in [0.2, 0.25) is 0 Å². The van der Waals surface area contributed by atoms with Crippen LogP contribution in [0.2, 0.25) is 0 Å². The Morgan fingerprint density at radius 1 is 1.04 bits per heavy atom. The van der Waals surface area contributed by atoms with Crippen LogP contribution in [0, 0.1) is 5.41 Å². The van der Waals surface area contributed by atoms with Gasteiger partial charge in [0.25, 0.3) is 0 Å². The van der Waals surface area contributed by atoms with Crippen LogP contribution in [0.1, 0.15) is 23.7 Å². The maximum Gasteiger partial charge on any atom is 0.335 e. The molecule has 0 fully saturated rings. The Morgan fingerprint density at radius 2 is 1.43 bits per heavy atom. The van der Waals surface area contributed by atoms with E-state index >= 15 is 0 Å². The lowest BCUT2D eigenvalue weighted by Crippen LogP contribution is -2.32. The zero-order valence-corrected chi connectivity index (χ0v) is 13.1. The summed E-state index contributed by atoms with van der Waals surface area (Å²) in [6.45, 7) is 4.31. The van der Waals surface area contributed by atoms with Gasteiger partial charge in [0.05, 0.1) is 25.4 Å². The van der Waals surface area contributed by atoms with E-state index in [9.17, 15) is 9.59 Å². The first-order valence-electron chi connectivity index (χ1n) is 6.78. The molecule has 0 aromatic heterocycles. The molecule has 0 bridgehead atoms. The predicted molar refractivity (Wildman–Crippen MR) is 85.2 cm³/mol. The van der Waals surface area contributed by atoms with Crippen LogP contribution in [0.3, 0.4) is 0 Å². The molecule has 0 aliphatic carbocycles.